The number of fused-ring (bicyclic) bond motifs is 1. The molecule has 0 spiro atoms. The molecular weight excluding hydrogens is 208 g/mol. The van der Waals surface area contributed by atoms with Crippen molar-refractivity contribution in [1.29, 1.82) is 0 Å². The number of benzene rings is 1. The maximum absolute atomic E-state index is 3.50. The molecule has 1 aliphatic rings. The second kappa shape index (κ2) is 3.88. The molecule has 2 nitrogen and oxygen atoms in total. The number of aromatic nitrogens is 1. The van der Waals surface area contributed by atoms with Crippen molar-refractivity contribution in [1.82, 2.24) is 10.3 Å². The van der Waals surface area contributed by atoms with Crippen molar-refractivity contribution in [2.45, 2.75) is 26.2 Å². The van der Waals surface area contributed by atoms with E-state index in [1.54, 1.807) is 0 Å². The summed E-state index contributed by atoms with van der Waals surface area (Å²) < 4.78 is 0. The normalized spacial score (nSPS) is 17.5. The molecule has 0 bridgehead atoms. The van der Waals surface area contributed by atoms with E-state index in [1.165, 1.54) is 41.4 Å². The Balaban J connectivity index is 1.97. The number of H-pyrrole nitrogens is 1. The first-order valence-corrected chi connectivity index (χ1v) is 6.45. The largest absolute Gasteiger partial charge is 0.358 e. The first-order chi connectivity index (χ1) is 8.24. The first-order valence-electron chi connectivity index (χ1n) is 6.45. The molecule has 0 saturated heterocycles. The standard InChI is InChI=1S/C15H20N2/c1-11-13(9-15(7-8-15)10-16-2)12-5-3-4-6-14(12)17-11/h3-6,16-17H,7-10H2,1-2H3. The quantitative estimate of drug-likeness (QED) is 0.827. The van der Waals surface area contributed by atoms with E-state index in [0.29, 0.717) is 5.41 Å². The van der Waals surface area contributed by atoms with Crippen molar-refractivity contribution < 1.29 is 0 Å². The highest BCUT2D eigenvalue weighted by Gasteiger charge is 2.42. The molecule has 0 amide bonds. The zero-order chi connectivity index (χ0) is 11.9. The van der Waals surface area contributed by atoms with Gasteiger partial charge in [-0.15, -0.1) is 0 Å². The number of hydrogen-bond acceptors (Lipinski definition) is 1. The van der Waals surface area contributed by atoms with Gasteiger partial charge in [0, 0.05) is 23.1 Å². The minimum Gasteiger partial charge on any atom is -0.358 e. The Bertz CT molecular complexity index is 535. The van der Waals surface area contributed by atoms with Gasteiger partial charge >= 0.3 is 0 Å². The third kappa shape index (κ3) is 1.87. The molecule has 2 N–H and O–H groups in total. The molecular formula is C15H20N2. The summed E-state index contributed by atoms with van der Waals surface area (Å²) in [5.74, 6) is 0. The second-order valence-electron chi connectivity index (χ2n) is 5.48. The minimum absolute atomic E-state index is 0.532. The molecule has 1 saturated carbocycles. The van der Waals surface area contributed by atoms with E-state index in [9.17, 15) is 0 Å². The number of hydrogen-bond donors (Lipinski definition) is 2. The maximum Gasteiger partial charge on any atom is 0.0458 e. The van der Waals surface area contributed by atoms with Gasteiger partial charge in [0.25, 0.3) is 0 Å². The van der Waals surface area contributed by atoms with Gasteiger partial charge in [-0.3, -0.25) is 0 Å². The number of aryl methyl sites for hydroxylation is 1. The first kappa shape index (κ1) is 10.8. The summed E-state index contributed by atoms with van der Waals surface area (Å²) in [6, 6.07) is 8.65. The van der Waals surface area contributed by atoms with E-state index >= 15 is 0 Å². The van der Waals surface area contributed by atoms with Gasteiger partial charge in [-0.2, -0.15) is 0 Å². The fourth-order valence-electron chi connectivity index (χ4n) is 2.91. The van der Waals surface area contributed by atoms with E-state index in [1.807, 2.05) is 0 Å². The third-order valence-electron chi connectivity index (χ3n) is 4.09. The van der Waals surface area contributed by atoms with Crippen LogP contribution in [0.25, 0.3) is 10.9 Å². The highest BCUT2D eigenvalue weighted by Crippen LogP contribution is 2.48. The average molecular weight is 228 g/mol. The van der Waals surface area contributed by atoms with Crippen LogP contribution in [0.1, 0.15) is 24.1 Å². The Morgan fingerprint density at radius 1 is 1.29 bits per heavy atom. The van der Waals surface area contributed by atoms with Gasteiger partial charge in [-0.1, -0.05) is 18.2 Å². The summed E-state index contributed by atoms with van der Waals surface area (Å²) in [4.78, 5) is 3.50. The third-order valence-corrected chi connectivity index (χ3v) is 4.09. The van der Waals surface area contributed by atoms with E-state index in [2.05, 4.69) is 48.5 Å². The molecule has 1 aromatic heterocycles. The molecule has 1 aliphatic carbocycles. The van der Waals surface area contributed by atoms with Crippen LogP contribution in [0.5, 0.6) is 0 Å². The summed E-state index contributed by atoms with van der Waals surface area (Å²) >= 11 is 0. The molecule has 2 aromatic rings. The molecule has 0 unspecified atom stereocenters. The van der Waals surface area contributed by atoms with Crippen molar-refractivity contribution in [3.8, 4) is 0 Å². The van der Waals surface area contributed by atoms with Crippen LogP contribution in [0.2, 0.25) is 0 Å². The van der Waals surface area contributed by atoms with Gasteiger partial charge < -0.3 is 10.3 Å². The van der Waals surface area contributed by atoms with Gasteiger partial charge in [-0.05, 0) is 50.3 Å². The topological polar surface area (TPSA) is 27.8 Å². The fourth-order valence-corrected chi connectivity index (χ4v) is 2.91. The van der Waals surface area contributed by atoms with Crippen molar-refractivity contribution >= 4 is 10.9 Å². The SMILES string of the molecule is CNCC1(Cc2c(C)[nH]c3ccccc23)CC1. The van der Waals surface area contributed by atoms with Crippen molar-refractivity contribution in [2.75, 3.05) is 13.6 Å². The Hall–Kier alpha value is -1.28. The van der Waals surface area contributed by atoms with Crippen LogP contribution >= 0.6 is 0 Å². The molecule has 2 heteroatoms. The fraction of sp³-hybridized carbons (Fsp3) is 0.467. The van der Waals surface area contributed by atoms with Crippen LogP contribution < -0.4 is 5.32 Å². The number of rotatable bonds is 4. The van der Waals surface area contributed by atoms with Crippen LogP contribution in [-0.4, -0.2) is 18.6 Å². The Labute approximate surface area is 102 Å². The van der Waals surface area contributed by atoms with Crippen LogP contribution in [0.15, 0.2) is 24.3 Å². The van der Waals surface area contributed by atoms with E-state index < -0.39 is 0 Å². The molecule has 17 heavy (non-hydrogen) atoms. The summed E-state index contributed by atoms with van der Waals surface area (Å²) in [6.45, 7) is 3.34. The van der Waals surface area contributed by atoms with Gasteiger partial charge in [-0.25, -0.2) is 0 Å². The van der Waals surface area contributed by atoms with Crippen LogP contribution in [0, 0.1) is 12.3 Å². The monoisotopic (exact) mass is 228 g/mol. The predicted molar refractivity (Wildman–Crippen MR) is 72.3 cm³/mol. The summed E-state index contributed by atoms with van der Waals surface area (Å²) in [7, 11) is 2.06. The number of nitrogens with one attached hydrogen (secondary N) is 2. The van der Waals surface area contributed by atoms with Crippen LogP contribution in [0.4, 0.5) is 0 Å². The smallest absolute Gasteiger partial charge is 0.0458 e. The molecule has 3 rings (SSSR count). The van der Waals surface area contributed by atoms with Gasteiger partial charge in [0.1, 0.15) is 0 Å². The lowest BCUT2D eigenvalue weighted by atomic mass is 9.94. The lowest BCUT2D eigenvalue weighted by Crippen LogP contribution is -2.22. The maximum atomic E-state index is 3.50. The molecule has 90 valence electrons. The Morgan fingerprint density at radius 2 is 2.06 bits per heavy atom. The lowest BCUT2D eigenvalue weighted by molar-refractivity contribution is 0.479. The summed E-state index contributed by atoms with van der Waals surface area (Å²) in [6.07, 6.45) is 3.95. The van der Waals surface area contributed by atoms with Crippen molar-refractivity contribution in [3.05, 3.63) is 35.5 Å². The van der Waals surface area contributed by atoms with E-state index in [-0.39, 0.29) is 0 Å². The molecule has 0 aliphatic heterocycles. The highest BCUT2D eigenvalue weighted by molar-refractivity contribution is 5.84. The zero-order valence-corrected chi connectivity index (χ0v) is 10.6. The summed E-state index contributed by atoms with van der Waals surface area (Å²) in [5, 5.41) is 4.75. The molecule has 0 radical (unpaired) electrons. The zero-order valence-electron chi connectivity index (χ0n) is 10.6. The minimum atomic E-state index is 0.532. The Morgan fingerprint density at radius 3 is 2.76 bits per heavy atom. The number of aromatic amines is 1. The van der Waals surface area contributed by atoms with Crippen molar-refractivity contribution in [2.24, 2.45) is 5.41 Å². The molecule has 1 aromatic carbocycles. The van der Waals surface area contributed by atoms with Crippen LogP contribution in [0.3, 0.4) is 0 Å². The average Bonchev–Trinajstić information content (AvgIpc) is 3.00. The van der Waals surface area contributed by atoms with Crippen LogP contribution in [-0.2, 0) is 6.42 Å². The second-order valence-corrected chi connectivity index (χ2v) is 5.48. The van der Waals surface area contributed by atoms with E-state index in [4.69, 9.17) is 0 Å². The lowest BCUT2D eigenvalue weighted by Gasteiger charge is -2.14. The molecule has 1 fully saturated rings. The number of para-hydroxylation sites is 1. The van der Waals surface area contributed by atoms with Gasteiger partial charge in [0.15, 0.2) is 0 Å². The van der Waals surface area contributed by atoms with Gasteiger partial charge in [0.2, 0.25) is 0 Å². The predicted octanol–water partition coefficient (Wildman–Crippen LogP) is 3.02. The highest BCUT2D eigenvalue weighted by atomic mass is 14.8. The van der Waals surface area contributed by atoms with E-state index in [0.717, 1.165) is 6.54 Å². The molecule has 0 atom stereocenters. The Kier molecular flexibility index (Phi) is 2.48. The van der Waals surface area contributed by atoms with Crippen molar-refractivity contribution in [3.63, 3.8) is 0 Å². The molecule has 1 heterocycles. The summed E-state index contributed by atoms with van der Waals surface area (Å²) in [5.41, 5.74) is 4.67. The van der Waals surface area contributed by atoms with Gasteiger partial charge in [0.05, 0.1) is 0 Å².